The van der Waals surface area contributed by atoms with Crippen molar-refractivity contribution in [2.75, 3.05) is 46.4 Å². The van der Waals surface area contributed by atoms with E-state index in [0.29, 0.717) is 0 Å². The summed E-state index contributed by atoms with van der Waals surface area (Å²) in [7, 11) is 2.13. The van der Waals surface area contributed by atoms with E-state index >= 15 is 0 Å². The quantitative estimate of drug-likeness (QED) is 0.544. The average molecular weight is 174 g/mol. The molecule has 0 bridgehead atoms. The van der Waals surface area contributed by atoms with E-state index in [1.54, 1.807) is 0 Å². The summed E-state index contributed by atoms with van der Waals surface area (Å²) in [5.74, 6) is 0. The number of hydrogen-bond donors (Lipinski definition) is 1. The zero-order chi connectivity index (χ0) is 9.23. The fraction of sp³-hybridized carbons (Fsp3) is 1.00. The van der Waals surface area contributed by atoms with Crippen LogP contribution in [0.3, 0.4) is 0 Å². The second kappa shape index (κ2) is 8.97. The third-order valence-electron chi connectivity index (χ3n) is 1.84. The standard InChI is InChI=1S/C9H22N2O/c1-4-11(3)8-6-10-7-9-12-5-2/h10H,4-9H2,1-3H3. The monoisotopic (exact) mass is 174 g/mol. The summed E-state index contributed by atoms with van der Waals surface area (Å²) >= 11 is 0. The molecule has 0 heterocycles. The van der Waals surface area contributed by atoms with E-state index in [4.69, 9.17) is 4.74 Å². The highest BCUT2D eigenvalue weighted by Gasteiger charge is 1.92. The fourth-order valence-corrected chi connectivity index (χ4v) is 0.842. The third kappa shape index (κ3) is 7.98. The van der Waals surface area contributed by atoms with Crippen LogP contribution in [0.25, 0.3) is 0 Å². The van der Waals surface area contributed by atoms with Crippen molar-refractivity contribution in [3.8, 4) is 0 Å². The van der Waals surface area contributed by atoms with Gasteiger partial charge in [-0.05, 0) is 20.5 Å². The second-order valence-corrected chi connectivity index (χ2v) is 2.84. The van der Waals surface area contributed by atoms with Crippen LogP contribution in [0.2, 0.25) is 0 Å². The van der Waals surface area contributed by atoms with Gasteiger partial charge in [0.2, 0.25) is 0 Å². The van der Waals surface area contributed by atoms with Crippen LogP contribution < -0.4 is 5.32 Å². The first-order chi connectivity index (χ1) is 5.81. The molecule has 0 aromatic carbocycles. The van der Waals surface area contributed by atoms with E-state index in [0.717, 1.165) is 39.4 Å². The normalized spacial score (nSPS) is 11.0. The van der Waals surface area contributed by atoms with Gasteiger partial charge in [0.25, 0.3) is 0 Å². The first kappa shape index (κ1) is 11.9. The van der Waals surface area contributed by atoms with E-state index in [9.17, 15) is 0 Å². The predicted octanol–water partition coefficient (Wildman–Crippen LogP) is 0.564. The molecule has 0 radical (unpaired) electrons. The smallest absolute Gasteiger partial charge is 0.0590 e. The maximum absolute atomic E-state index is 5.19. The fourth-order valence-electron chi connectivity index (χ4n) is 0.842. The predicted molar refractivity (Wildman–Crippen MR) is 52.5 cm³/mol. The van der Waals surface area contributed by atoms with Crippen LogP contribution in [0.5, 0.6) is 0 Å². The van der Waals surface area contributed by atoms with Gasteiger partial charge in [-0.1, -0.05) is 6.92 Å². The van der Waals surface area contributed by atoms with E-state index in [1.807, 2.05) is 6.92 Å². The number of likely N-dealkylation sites (N-methyl/N-ethyl adjacent to an activating group) is 1. The van der Waals surface area contributed by atoms with E-state index < -0.39 is 0 Å². The molecule has 0 aliphatic rings. The topological polar surface area (TPSA) is 24.5 Å². The van der Waals surface area contributed by atoms with Gasteiger partial charge in [-0.2, -0.15) is 0 Å². The van der Waals surface area contributed by atoms with Gasteiger partial charge in [0.05, 0.1) is 6.61 Å². The van der Waals surface area contributed by atoms with Crippen LogP contribution >= 0.6 is 0 Å². The van der Waals surface area contributed by atoms with E-state index in [2.05, 4.69) is 24.2 Å². The van der Waals surface area contributed by atoms with Crippen molar-refractivity contribution in [1.82, 2.24) is 10.2 Å². The Balaban J connectivity index is 2.90. The van der Waals surface area contributed by atoms with Crippen molar-refractivity contribution in [2.45, 2.75) is 13.8 Å². The third-order valence-corrected chi connectivity index (χ3v) is 1.84. The van der Waals surface area contributed by atoms with Gasteiger partial charge in [0, 0.05) is 26.2 Å². The lowest BCUT2D eigenvalue weighted by Gasteiger charge is -2.13. The summed E-state index contributed by atoms with van der Waals surface area (Å²) in [6, 6.07) is 0. The average Bonchev–Trinajstić information content (AvgIpc) is 2.10. The zero-order valence-electron chi connectivity index (χ0n) is 8.60. The van der Waals surface area contributed by atoms with Crippen molar-refractivity contribution >= 4 is 0 Å². The maximum Gasteiger partial charge on any atom is 0.0590 e. The van der Waals surface area contributed by atoms with E-state index in [-0.39, 0.29) is 0 Å². The number of nitrogens with one attached hydrogen (secondary N) is 1. The molecule has 1 N–H and O–H groups in total. The van der Waals surface area contributed by atoms with Gasteiger partial charge in [-0.15, -0.1) is 0 Å². The Morgan fingerprint density at radius 2 is 2.00 bits per heavy atom. The molecule has 0 aromatic rings. The van der Waals surface area contributed by atoms with Crippen molar-refractivity contribution in [3.05, 3.63) is 0 Å². The van der Waals surface area contributed by atoms with Gasteiger partial charge in [-0.3, -0.25) is 0 Å². The zero-order valence-corrected chi connectivity index (χ0v) is 8.60. The summed E-state index contributed by atoms with van der Waals surface area (Å²) in [5, 5.41) is 3.32. The van der Waals surface area contributed by atoms with Gasteiger partial charge in [0.15, 0.2) is 0 Å². The lowest BCUT2D eigenvalue weighted by atomic mass is 10.5. The summed E-state index contributed by atoms with van der Waals surface area (Å²) in [5.41, 5.74) is 0. The molecule has 0 aromatic heterocycles. The second-order valence-electron chi connectivity index (χ2n) is 2.84. The highest BCUT2D eigenvalue weighted by molar-refractivity contribution is 4.51. The minimum atomic E-state index is 0.816. The molecule has 0 saturated carbocycles. The molecule has 0 atom stereocenters. The van der Waals surface area contributed by atoms with Crippen molar-refractivity contribution in [1.29, 1.82) is 0 Å². The summed E-state index contributed by atoms with van der Waals surface area (Å²) in [4.78, 5) is 2.29. The number of ether oxygens (including phenoxy) is 1. The largest absolute Gasteiger partial charge is 0.380 e. The molecule has 0 fully saturated rings. The minimum absolute atomic E-state index is 0.816. The van der Waals surface area contributed by atoms with Crippen molar-refractivity contribution in [3.63, 3.8) is 0 Å². The molecule has 0 aliphatic carbocycles. The van der Waals surface area contributed by atoms with Crippen LogP contribution in [0.4, 0.5) is 0 Å². The Kier molecular flexibility index (Phi) is 8.88. The maximum atomic E-state index is 5.19. The highest BCUT2D eigenvalue weighted by atomic mass is 16.5. The number of rotatable bonds is 8. The minimum Gasteiger partial charge on any atom is -0.380 e. The van der Waals surface area contributed by atoms with Gasteiger partial charge < -0.3 is 15.0 Å². The molecule has 12 heavy (non-hydrogen) atoms. The molecule has 0 spiro atoms. The van der Waals surface area contributed by atoms with Crippen LogP contribution in [-0.2, 0) is 4.74 Å². The van der Waals surface area contributed by atoms with Crippen molar-refractivity contribution < 1.29 is 4.74 Å². The Morgan fingerprint density at radius 1 is 1.25 bits per heavy atom. The summed E-state index contributed by atoms with van der Waals surface area (Å²) < 4.78 is 5.19. The molecule has 74 valence electrons. The molecule has 0 unspecified atom stereocenters. The number of nitrogens with zero attached hydrogens (tertiary/aromatic N) is 1. The van der Waals surface area contributed by atoms with Crippen LogP contribution in [0.1, 0.15) is 13.8 Å². The lowest BCUT2D eigenvalue weighted by Crippen LogP contribution is -2.30. The molecule has 3 heteroatoms. The molecule has 0 rings (SSSR count). The van der Waals surface area contributed by atoms with Crippen LogP contribution in [0, 0.1) is 0 Å². The van der Waals surface area contributed by atoms with Crippen molar-refractivity contribution in [2.24, 2.45) is 0 Å². The molecular weight excluding hydrogens is 152 g/mol. The molecule has 0 amide bonds. The SMILES string of the molecule is CCOCCNCCN(C)CC. The molecule has 0 saturated heterocycles. The Bertz CT molecular complexity index is 88.6. The Hall–Kier alpha value is -0.120. The van der Waals surface area contributed by atoms with Gasteiger partial charge in [0.1, 0.15) is 0 Å². The van der Waals surface area contributed by atoms with Gasteiger partial charge >= 0.3 is 0 Å². The first-order valence-electron chi connectivity index (χ1n) is 4.78. The summed E-state index contributed by atoms with van der Waals surface area (Å²) in [6.07, 6.45) is 0. The van der Waals surface area contributed by atoms with Gasteiger partial charge in [-0.25, -0.2) is 0 Å². The Labute approximate surface area is 76.1 Å². The van der Waals surface area contributed by atoms with E-state index in [1.165, 1.54) is 0 Å². The number of hydrogen-bond acceptors (Lipinski definition) is 3. The van der Waals surface area contributed by atoms with Crippen LogP contribution in [0.15, 0.2) is 0 Å². The molecule has 0 aliphatic heterocycles. The molecular formula is C9H22N2O. The van der Waals surface area contributed by atoms with Crippen LogP contribution in [-0.4, -0.2) is 51.3 Å². The molecule has 3 nitrogen and oxygen atoms in total. The lowest BCUT2D eigenvalue weighted by molar-refractivity contribution is 0.148. The Morgan fingerprint density at radius 3 is 2.58 bits per heavy atom. The highest BCUT2D eigenvalue weighted by Crippen LogP contribution is 1.77. The summed E-state index contributed by atoms with van der Waals surface area (Å²) in [6.45, 7) is 10.1. The first-order valence-corrected chi connectivity index (χ1v) is 4.78.